The number of hydrogen-bond acceptors (Lipinski definition) is 4. The van der Waals surface area contributed by atoms with E-state index in [4.69, 9.17) is 23.7 Å². The molecule has 0 unspecified atom stereocenters. The van der Waals surface area contributed by atoms with Crippen molar-refractivity contribution >= 4 is 12.2 Å². The summed E-state index contributed by atoms with van der Waals surface area (Å²) in [6, 6.07) is 0. The van der Waals surface area contributed by atoms with Crippen molar-refractivity contribution < 1.29 is 0 Å². The summed E-state index contributed by atoms with van der Waals surface area (Å²) in [6.07, 6.45) is 1.15. The Bertz CT molecular complexity index is 409. The number of H-pyrrole nitrogens is 2. The number of aromatic nitrogens is 2. The molecule has 78 valence electrons. The van der Waals surface area contributed by atoms with Crippen LogP contribution in [0.4, 0.5) is 0 Å². The van der Waals surface area contributed by atoms with Crippen LogP contribution < -0.4 is 17.0 Å². The van der Waals surface area contributed by atoms with Crippen LogP contribution in [0.15, 0.2) is 4.79 Å². The number of rotatable bonds is 4. The molecule has 0 saturated heterocycles. The van der Waals surface area contributed by atoms with Crippen LogP contribution in [-0.2, 0) is 12.8 Å². The molecule has 0 aliphatic rings. The van der Waals surface area contributed by atoms with E-state index in [0.29, 0.717) is 36.3 Å². The van der Waals surface area contributed by atoms with Gasteiger partial charge in [0.15, 0.2) is 4.77 Å². The van der Waals surface area contributed by atoms with Crippen LogP contribution in [-0.4, -0.2) is 23.1 Å². The minimum atomic E-state index is -0.164. The number of aromatic amines is 2. The number of nitrogens with two attached hydrogens (primary N) is 2. The molecule has 6 N–H and O–H groups in total. The van der Waals surface area contributed by atoms with Gasteiger partial charge >= 0.3 is 0 Å². The normalized spacial score (nSPS) is 10.4. The molecule has 0 fully saturated rings. The SMILES string of the molecule is NCCc1[nH]c(=S)[nH]c(=O)c1CCN. The summed E-state index contributed by atoms with van der Waals surface area (Å²) in [5, 5.41) is 0. The van der Waals surface area contributed by atoms with Crippen molar-refractivity contribution in [3.8, 4) is 0 Å². The maximum absolute atomic E-state index is 11.5. The van der Waals surface area contributed by atoms with Gasteiger partial charge in [-0.2, -0.15) is 0 Å². The molecule has 0 amide bonds. The molecule has 0 aliphatic heterocycles. The van der Waals surface area contributed by atoms with Gasteiger partial charge in [-0.15, -0.1) is 0 Å². The molecular weight excluding hydrogens is 200 g/mol. The van der Waals surface area contributed by atoms with Crippen LogP contribution in [0, 0.1) is 4.77 Å². The van der Waals surface area contributed by atoms with Crippen LogP contribution in [0.5, 0.6) is 0 Å². The zero-order valence-electron chi connectivity index (χ0n) is 7.80. The maximum atomic E-state index is 11.5. The van der Waals surface area contributed by atoms with E-state index in [1.165, 1.54) is 0 Å². The molecule has 1 aromatic rings. The third-order valence-electron chi connectivity index (χ3n) is 1.92. The quantitative estimate of drug-likeness (QED) is 0.504. The summed E-state index contributed by atoms with van der Waals surface area (Å²) in [4.78, 5) is 16.9. The Labute approximate surface area is 86.5 Å². The minimum Gasteiger partial charge on any atom is -0.336 e. The Morgan fingerprint density at radius 3 is 2.36 bits per heavy atom. The van der Waals surface area contributed by atoms with Crippen LogP contribution in [0.2, 0.25) is 0 Å². The Hall–Kier alpha value is -0.980. The van der Waals surface area contributed by atoms with Gasteiger partial charge in [0.05, 0.1) is 0 Å². The van der Waals surface area contributed by atoms with Gasteiger partial charge in [-0.1, -0.05) is 0 Å². The van der Waals surface area contributed by atoms with Crippen LogP contribution >= 0.6 is 12.2 Å². The summed E-state index contributed by atoms with van der Waals surface area (Å²) >= 11 is 4.86. The van der Waals surface area contributed by atoms with E-state index in [0.717, 1.165) is 5.69 Å². The van der Waals surface area contributed by atoms with Gasteiger partial charge in [-0.25, -0.2) is 0 Å². The first-order chi connectivity index (χ1) is 6.69. The average Bonchev–Trinajstić information content (AvgIpc) is 2.11. The highest BCUT2D eigenvalue weighted by Gasteiger charge is 2.06. The van der Waals surface area contributed by atoms with Crippen molar-refractivity contribution in [1.29, 1.82) is 0 Å². The highest BCUT2D eigenvalue weighted by Crippen LogP contribution is 2.00. The fourth-order valence-corrected chi connectivity index (χ4v) is 1.54. The predicted octanol–water partition coefficient (Wildman–Crippen LogP) is -0.565. The molecule has 0 aromatic carbocycles. The van der Waals surface area contributed by atoms with Gasteiger partial charge in [0.2, 0.25) is 0 Å². The molecule has 1 heterocycles. The van der Waals surface area contributed by atoms with Crippen molar-refractivity contribution in [1.82, 2.24) is 9.97 Å². The number of hydrogen-bond donors (Lipinski definition) is 4. The fraction of sp³-hybridized carbons (Fsp3) is 0.500. The van der Waals surface area contributed by atoms with Crippen LogP contribution in [0.3, 0.4) is 0 Å². The molecule has 0 aliphatic carbocycles. The summed E-state index contributed by atoms with van der Waals surface area (Å²) in [6.45, 7) is 0.914. The Morgan fingerprint density at radius 1 is 1.14 bits per heavy atom. The van der Waals surface area contributed by atoms with Gasteiger partial charge < -0.3 is 16.5 Å². The second-order valence-electron chi connectivity index (χ2n) is 2.94. The van der Waals surface area contributed by atoms with Crippen molar-refractivity contribution in [3.05, 3.63) is 26.4 Å². The highest BCUT2D eigenvalue weighted by atomic mass is 32.1. The van der Waals surface area contributed by atoms with Gasteiger partial charge in [0.1, 0.15) is 0 Å². The van der Waals surface area contributed by atoms with E-state index < -0.39 is 0 Å². The minimum absolute atomic E-state index is 0.164. The molecule has 0 radical (unpaired) electrons. The molecule has 0 atom stereocenters. The second-order valence-corrected chi connectivity index (χ2v) is 3.35. The molecule has 5 nitrogen and oxygen atoms in total. The highest BCUT2D eigenvalue weighted by molar-refractivity contribution is 7.71. The van der Waals surface area contributed by atoms with Crippen LogP contribution in [0.1, 0.15) is 11.3 Å². The van der Waals surface area contributed by atoms with E-state index in [2.05, 4.69) is 9.97 Å². The third kappa shape index (κ3) is 2.50. The zero-order chi connectivity index (χ0) is 10.6. The standard InChI is InChI=1S/C8H14N4OS/c9-3-1-5-6(2-4-10)11-8(14)12-7(5)13/h1-4,9-10H2,(H2,11,12,13,14). The first-order valence-corrected chi connectivity index (χ1v) is 4.84. The molecule has 0 spiro atoms. The summed E-state index contributed by atoms with van der Waals surface area (Å²) < 4.78 is 0.333. The Kier molecular flexibility index (Phi) is 3.99. The first-order valence-electron chi connectivity index (χ1n) is 4.43. The van der Waals surface area contributed by atoms with E-state index >= 15 is 0 Å². The molecular formula is C8H14N4OS. The second kappa shape index (κ2) is 5.04. The first kappa shape index (κ1) is 11.1. The molecule has 0 bridgehead atoms. The zero-order valence-corrected chi connectivity index (χ0v) is 8.62. The molecule has 14 heavy (non-hydrogen) atoms. The summed E-state index contributed by atoms with van der Waals surface area (Å²) in [7, 11) is 0. The Balaban J connectivity index is 3.21. The largest absolute Gasteiger partial charge is 0.336 e. The summed E-state index contributed by atoms with van der Waals surface area (Å²) in [5.41, 5.74) is 12.1. The van der Waals surface area contributed by atoms with Gasteiger partial charge in [0, 0.05) is 17.7 Å². The van der Waals surface area contributed by atoms with Gasteiger partial charge in [-0.05, 0) is 31.7 Å². The van der Waals surface area contributed by atoms with Crippen molar-refractivity contribution in [2.24, 2.45) is 11.5 Å². The molecule has 0 saturated carbocycles. The van der Waals surface area contributed by atoms with E-state index in [1.54, 1.807) is 0 Å². The topological polar surface area (TPSA) is 101 Å². The summed E-state index contributed by atoms with van der Waals surface area (Å²) in [5.74, 6) is 0. The molecule has 6 heteroatoms. The third-order valence-corrected chi connectivity index (χ3v) is 2.12. The van der Waals surface area contributed by atoms with E-state index in [-0.39, 0.29) is 5.56 Å². The maximum Gasteiger partial charge on any atom is 0.255 e. The lowest BCUT2D eigenvalue weighted by atomic mass is 10.1. The van der Waals surface area contributed by atoms with Crippen LogP contribution in [0.25, 0.3) is 0 Å². The Morgan fingerprint density at radius 2 is 1.79 bits per heavy atom. The fourth-order valence-electron chi connectivity index (χ4n) is 1.33. The monoisotopic (exact) mass is 214 g/mol. The lowest BCUT2D eigenvalue weighted by Gasteiger charge is -2.05. The van der Waals surface area contributed by atoms with Crippen molar-refractivity contribution in [2.45, 2.75) is 12.8 Å². The lowest BCUT2D eigenvalue weighted by molar-refractivity contribution is 0.830. The predicted molar refractivity (Wildman–Crippen MR) is 57.8 cm³/mol. The molecule has 1 rings (SSSR count). The smallest absolute Gasteiger partial charge is 0.255 e. The van der Waals surface area contributed by atoms with Crippen molar-refractivity contribution in [3.63, 3.8) is 0 Å². The van der Waals surface area contributed by atoms with Gasteiger partial charge in [-0.3, -0.25) is 9.78 Å². The number of nitrogens with one attached hydrogen (secondary N) is 2. The van der Waals surface area contributed by atoms with E-state index in [9.17, 15) is 4.79 Å². The lowest BCUT2D eigenvalue weighted by Crippen LogP contribution is -2.22. The van der Waals surface area contributed by atoms with E-state index in [1.807, 2.05) is 0 Å². The molecule has 1 aromatic heterocycles. The average molecular weight is 214 g/mol. The van der Waals surface area contributed by atoms with Gasteiger partial charge in [0.25, 0.3) is 5.56 Å². The van der Waals surface area contributed by atoms with Crippen molar-refractivity contribution in [2.75, 3.05) is 13.1 Å².